The Morgan fingerprint density at radius 3 is 2.70 bits per heavy atom. The van der Waals surface area contributed by atoms with Crippen molar-refractivity contribution in [3.05, 3.63) is 47.0 Å². The Balaban J connectivity index is 2.16. The average Bonchev–Trinajstić information content (AvgIpc) is 2.90. The summed E-state index contributed by atoms with van der Waals surface area (Å²) in [6.45, 7) is 1.97. The first-order valence-corrected chi connectivity index (χ1v) is 5.93. The van der Waals surface area contributed by atoms with Crippen molar-refractivity contribution in [2.24, 2.45) is 0 Å². The van der Waals surface area contributed by atoms with E-state index in [4.69, 9.17) is 5.11 Å². The number of aryl methyl sites for hydroxylation is 1. The van der Waals surface area contributed by atoms with Gasteiger partial charge >= 0.3 is 5.97 Å². The first-order valence-electron chi connectivity index (χ1n) is 5.93. The van der Waals surface area contributed by atoms with Gasteiger partial charge < -0.3 is 10.0 Å². The fourth-order valence-electron chi connectivity index (χ4n) is 1.81. The Labute approximate surface area is 115 Å². The summed E-state index contributed by atoms with van der Waals surface area (Å²) in [4.78, 5) is 28.6. The summed E-state index contributed by atoms with van der Waals surface area (Å²) < 4.78 is 0. The van der Waals surface area contributed by atoms with Crippen LogP contribution in [0.2, 0.25) is 0 Å². The fraction of sp³-hybridized carbons (Fsp3) is 0.231. The van der Waals surface area contributed by atoms with Gasteiger partial charge in [-0.1, -0.05) is 0 Å². The minimum Gasteiger partial charge on any atom is -0.478 e. The highest BCUT2D eigenvalue weighted by molar-refractivity contribution is 5.94. The molecule has 2 rings (SSSR count). The molecule has 20 heavy (non-hydrogen) atoms. The van der Waals surface area contributed by atoms with Crippen molar-refractivity contribution in [1.82, 2.24) is 20.1 Å². The number of carboxylic acids is 1. The molecular formula is C13H14N4O3. The molecule has 0 atom stereocenters. The molecule has 0 saturated carbocycles. The third-order valence-electron chi connectivity index (χ3n) is 2.86. The molecular weight excluding hydrogens is 260 g/mol. The lowest BCUT2D eigenvalue weighted by atomic mass is 10.2. The van der Waals surface area contributed by atoms with Crippen LogP contribution in [0, 0.1) is 6.92 Å². The van der Waals surface area contributed by atoms with Crippen LogP contribution < -0.4 is 0 Å². The van der Waals surface area contributed by atoms with Gasteiger partial charge in [-0.3, -0.25) is 9.89 Å². The molecule has 0 spiro atoms. The first-order chi connectivity index (χ1) is 9.49. The molecule has 0 aliphatic rings. The van der Waals surface area contributed by atoms with Gasteiger partial charge in [0, 0.05) is 25.4 Å². The van der Waals surface area contributed by atoms with Gasteiger partial charge in [-0.05, 0) is 19.1 Å². The Hall–Kier alpha value is -2.70. The summed E-state index contributed by atoms with van der Waals surface area (Å²) in [5, 5.41) is 15.4. The van der Waals surface area contributed by atoms with Gasteiger partial charge in [0.25, 0.3) is 5.91 Å². The number of hydrogen-bond acceptors (Lipinski definition) is 4. The second kappa shape index (κ2) is 5.52. The van der Waals surface area contributed by atoms with E-state index in [-0.39, 0.29) is 17.2 Å². The van der Waals surface area contributed by atoms with Crippen molar-refractivity contribution in [3.8, 4) is 0 Å². The number of H-pyrrole nitrogens is 1. The molecule has 1 amide bonds. The number of amides is 1. The highest BCUT2D eigenvalue weighted by atomic mass is 16.4. The molecule has 7 nitrogen and oxygen atoms in total. The third kappa shape index (κ3) is 2.82. The van der Waals surface area contributed by atoms with Gasteiger partial charge in [-0.25, -0.2) is 9.78 Å². The predicted molar refractivity (Wildman–Crippen MR) is 70.3 cm³/mol. The molecule has 104 valence electrons. The highest BCUT2D eigenvalue weighted by Crippen LogP contribution is 2.10. The Kier molecular flexibility index (Phi) is 3.79. The number of aromatic carboxylic acids is 1. The minimum absolute atomic E-state index is 0.0963. The van der Waals surface area contributed by atoms with E-state index >= 15 is 0 Å². The number of nitrogens with one attached hydrogen (secondary N) is 1. The van der Waals surface area contributed by atoms with E-state index in [0.29, 0.717) is 12.2 Å². The summed E-state index contributed by atoms with van der Waals surface area (Å²) in [5.74, 6) is -1.33. The van der Waals surface area contributed by atoms with Crippen LogP contribution in [0.15, 0.2) is 24.5 Å². The minimum atomic E-state index is -1.05. The van der Waals surface area contributed by atoms with Crippen molar-refractivity contribution >= 4 is 11.9 Å². The van der Waals surface area contributed by atoms with E-state index in [0.717, 1.165) is 5.56 Å². The fourth-order valence-corrected chi connectivity index (χ4v) is 1.81. The van der Waals surface area contributed by atoms with Crippen molar-refractivity contribution < 1.29 is 14.7 Å². The van der Waals surface area contributed by atoms with E-state index in [1.807, 2.05) is 0 Å². The van der Waals surface area contributed by atoms with Crippen LogP contribution in [0.25, 0.3) is 0 Å². The standard InChI is InChI=1S/C13H14N4O3/c1-8-10(13(19)20)3-4-11(16-8)12(18)17(2)7-9-5-14-15-6-9/h3-6H,7H2,1-2H3,(H,14,15)(H,19,20). The zero-order chi connectivity index (χ0) is 14.7. The second-order valence-corrected chi connectivity index (χ2v) is 4.40. The molecule has 7 heteroatoms. The maximum Gasteiger partial charge on any atom is 0.337 e. The molecule has 0 saturated heterocycles. The molecule has 0 aliphatic heterocycles. The summed E-state index contributed by atoms with van der Waals surface area (Å²) >= 11 is 0. The molecule has 2 aromatic heterocycles. The van der Waals surface area contributed by atoms with E-state index in [1.54, 1.807) is 26.4 Å². The molecule has 0 bridgehead atoms. The Morgan fingerprint density at radius 1 is 1.40 bits per heavy atom. The van der Waals surface area contributed by atoms with Gasteiger partial charge in [0.1, 0.15) is 5.69 Å². The topological polar surface area (TPSA) is 99.2 Å². The number of carbonyl (C=O) groups is 2. The SMILES string of the molecule is Cc1nc(C(=O)N(C)Cc2cn[nH]c2)ccc1C(=O)O. The first kappa shape index (κ1) is 13.7. The molecule has 2 heterocycles. The smallest absolute Gasteiger partial charge is 0.337 e. The van der Waals surface area contributed by atoms with Gasteiger partial charge in [0.2, 0.25) is 0 Å². The number of nitrogens with zero attached hydrogens (tertiary/aromatic N) is 3. The number of rotatable bonds is 4. The van der Waals surface area contributed by atoms with Gasteiger partial charge in [0.05, 0.1) is 17.5 Å². The lowest BCUT2D eigenvalue weighted by Gasteiger charge is -2.16. The summed E-state index contributed by atoms with van der Waals surface area (Å²) in [5.41, 5.74) is 1.51. The number of pyridine rings is 1. The highest BCUT2D eigenvalue weighted by Gasteiger charge is 2.16. The number of carbonyl (C=O) groups excluding carboxylic acids is 1. The number of hydrogen-bond donors (Lipinski definition) is 2. The lowest BCUT2D eigenvalue weighted by molar-refractivity contribution is 0.0693. The quantitative estimate of drug-likeness (QED) is 0.869. The molecule has 2 aromatic rings. The number of carboxylic acid groups (broad SMARTS) is 1. The maximum atomic E-state index is 12.2. The van der Waals surface area contributed by atoms with Gasteiger partial charge in [0.15, 0.2) is 0 Å². The molecule has 2 N–H and O–H groups in total. The normalized spacial score (nSPS) is 10.3. The summed E-state index contributed by atoms with van der Waals surface area (Å²) in [6, 6.07) is 2.81. The average molecular weight is 274 g/mol. The van der Waals surface area contributed by atoms with Crippen LogP contribution in [0.4, 0.5) is 0 Å². The zero-order valence-electron chi connectivity index (χ0n) is 11.1. The van der Waals surface area contributed by atoms with Crippen molar-refractivity contribution in [1.29, 1.82) is 0 Å². The van der Waals surface area contributed by atoms with Crippen LogP contribution in [0.5, 0.6) is 0 Å². The van der Waals surface area contributed by atoms with Gasteiger partial charge in [-0.15, -0.1) is 0 Å². The second-order valence-electron chi connectivity index (χ2n) is 4.40. The van der Waals surface area contributed by atoms with Gasteiger partial charge in [-0.2, -0.15) is 5.10 Å². The Bertz CT molecular complexity index is 637. The van der Waals surface area contributed by atoms with E-state index in [1.165, 1.54) is 17.0 Å². The molecule has 0 aliphatic carbocycles. The number of aromatic amines is 1. The van der Waals surface area contributed by atoms with Crippen LogP contribution in [-0.2, 0) is 6.54 Å². The molecule has 0 unspecified atom stereocenters. The van der Waals surface area contributed by atoms with E-state index in [2.05, 4.69) is 15.2 Å². The van der Waals surface area contributed by atoms with Crippen LogP contribution >= 0.6 is 0 Å². The Morgan fingerprint density at radius 2 is 2.15 bits per heavy atom. The largest absolute Gasteiger partial charge is 0.478 e. The predicted octanol–water partition coefficient (Wildman–Crippen LogP) is 1.08. The number of aromatic nitrogens is 3. The maximum absolute atomic E-state index is 12.2. The zero-order valence-corrected chi connectivity index (χ0v) is 11.1. The van der Waals surface area contributed by atoms with Crippen LogP contribution in [0.3, 0.4) is 0 Å². The van der Waals surface area contributed by atoms with Crippen LogP contribution in [0.1, 0.15) is 32.1 Å². The molecule has 0 aromatic carbocycles. The van der Waals surface area contributed by atoms with Crippen molar-refractivity contribution in [2.45, 2.75) is 13.5 Å². The van der Waals surface area contributed by atoms with Crippen molar-refractivity contribution in [2.75, 3.05) is 7.05 Å². The molecule has 0 radical (unpaired) electrons. The summed E-state index contributed by atoms with van der Waals surface area (Å²) in [7, 11) is 1.65. The molecule has 0 fully saturated rings. The van der Waals surface area contributed by atoms with Crippen molar-refractivity contribution in [3.63, 3.8) is 0 Å². The van der Waals surface area contributed by atoms with E-state index in [9.17, 15) is 9.59 Å². The van der Waals surface area contributed by atoms with E-state index < -0.39 is 5.97 Å². The van der Waals surface area contributed by atoms with Crippen LogP contribution in [-0.4, -0.2) is 44.1 Å². The third-order valence-corrected chi connectivity index (χ3v) is 2.86. The lowest BCUT2D eigenvalue weighted by Crippen LogP contribution is -2.27. The summed E-state index contributed by atoms with van der Waals surface area (Å²) in [6.07, 6.45) is 3.34. The monoisotopic (exact) mass is 274 g/mol.